The summed E-state index contributed by atoms with van der Waals surface area (Å²) in [5.74, 6) is 0. The van der Waals surface area contributed by atoms with Gasteiger partial charge in [0.1, 0.15) is 5.60 Å². The van der Waals surface area contributed by atoms with Crippen molar-refractivity contribution in [2.75, 3.05) is 19.6 Å². The maximum atomic E-state index is 11.9. The Balaban J connectivity index is 1.90. The van der Waals surface area contributed by atoms with Gasteiger partial charge in [0.05, 0.1) is 0 Å². The highest BCUT2D eigenvalue weighted by Crippen LogP contribution is 2.37. The van der Waals surface area contributed by atoms with Crippen LogP contribution < -0.4 is 5.32 Å². The highest BCUT2D eigenvalue weighted by atomic mass is 16.6. The summed E-state index contributed by atoms with van der Waals surface area (Å²) in [6.07, 6.45) is 0.896. The topological polar surface area (TPSA) is 41.6 Å². The van der Waals surface area contributed by atoms with Crippen molar-refractivity contribution in [3.8, 4) is 0 Å². The smallest absolute Gasteiger partial charge is 0.410 e. The maximum absolute atomic E-state index is 11.9. The van der Waals surface area contributed by atoms with E-state index in [9.17, 15) is 4.79 Å². The third kappa shape index (κ3) is 2.17. The van der Waals surface area contributed by atoms with Crippen LogP contribution in [-0.2, 0) is 4.74 Å². The van der Waals surface area contributed by atoms with Gasteiger partial charge in [-0.15, -0.1) is 0 Å². The van der Waals surface area contributed by atoms with Crippen molar-refractivity contribution in [2.24, 2.45) is 5.41 Å². The Bertz CT molecular complexity index is 298. The molecule has 2 saturated heterocycles. The zero-order valence-corrected chi connectivity index (χ0v) is 10.7. The molecular formula is C12H22N2O2. The number of piperidine rings is 1. The minimum absolute atomic E-state index is 0.178. The largest absolute Gasteiger partial charge is 0.444 e. The fourth-order valence-electron chi connectivity index (χ4n) is 2.34. The number of fused-ring (bicyclic) bond motifs is 1. The second kappa shape index (κ2) is 3.62. The average Bonchev–Trinajstić information content (AvgIpc) is 2.10. The first-order chi connectivity index (χ1) is 7.30. The molecule has 2 atom stereocenters. The number of amides is 1. The summed E-state index contributed by atoms with van der Waals surface area (Å²) in [7, 11) is 0. The van der Waals surface area contributed by atoms with Gasteiger partial charge < -0.3 is 15.0 Å². The zero-order chi connectivity index (χ0) is 12.0. The molecule has 0 radical (unpaired) electrons. The van der Waals surface area contributed by atoms with Crippen LogP contribution in [0.3, 0.4) is 0 Å². The van der Waals surface area contributed by atoms with Crippen molar-refractivity contribution in [3.05, 3.63) is 0 Å². The summed E-state index contributed by atoms with van der Waals surface area (Å²) in [5, 5.41) is 3.39. The Hall–Kier alpha value is -0.770. The molecular weight excluding hydrogens is 204 g/mol. The number of rotatable bonds is 0. The predicted molar refractivity (Wildman–Crippen MR) is 62.3 cm³/mol. The summed E-state index contributed by atoms with van der Waals surface area (Å²) >= 11 is 0. The molecule has 2 aliphatic heterocycles. The molecule has 0 bridgehead atoms. The maximum Gasteiger partial charge on any atom is 0.410 e. The molecule has 2 heterocycles. The van der Waals surface area contributed by atoms with E-state index in [1.54, 1.807) is 0 Å². The third-order valence-electron chi connectivity index (χ3n) is 3.60. The van der Waals surface area contributed by atoms with Crippen LogP contribution in [-0.4, -0.2) is 42.3 Å². The SMILES string of the molecule is CC(C)(C)OC(=O)N1CC[C@@]2(C)CNC2C1. The van der Waals surface area contributed by atoms with Crippen molar-refractivity contribution in [3.63, 3.8) is 0 Å². The molecule has 4 nitrogen and oxygen atoms in total. The molecule has 0 aromatic heterocycles. The highest BCUT2D eigenvalue weighted by Gasteiger charge is 2.47. The quantitative estimate of drug-likeness (QED) is 0.682. The number of likely N-dealkylation sites (tertiary alicyclic amines) is 1. The van der Waals surface area contributed by atoms with E-state index < -0.39 is 5.60 Å². The van der Waals surface area contributed by atoms with E-state index in [2.05, 4.69) is 12.2 Å². The van der Waals surface area contributed by atoms with Gasteiger partial charge in [0, 0.05) is 25.7 Å². The molecule has 0 aromatic carbocycles. The van der Waals surface area contributed by atoms with Gasteiger partial charge in [0.2, 0.25) is 0 Å². The number of nitrogens with zero attached hydrogens (tertiary/aromatic N) is 1. The first-order valence-electron chi connectivity index (χ1n) is 6.01. The zero-order valence-electron chi connectivity index (χ0n) is 10.7. The van der Waals surface area contributed by atoms with Crippen LogP contribution in [0.1, 0.15) is 34.1 Å². The monoisotopic (exact) mass is 226 g/mol. The van der Waals surface area contributed by atoms with Crippen LogP contribution in [0.25, 0.3) is 0 Å². The molecule has 92 valence electrons. The second-order valence-electron chi connectivity index (χ2n) is 6.26. The van der Waals surface area contributed by atoms with Crippen LogP contribution in [0.4, 0.5) is 4.79 Å². The molecule has 1 unspecified atom stereocenters. The van der Waals surface area contributed by atoms with E-state index in [4.69, 9.17) is 4.74 Å². The molecule has 2 fully saturated rings. The molecule has 16 heavy (non-hydrogen) atoms. The van der Waals surface area contributed by atoms with Crippen molar-refractivity contribution < 1.29 is 9.53 Å². The minimum Gasteiger partial charge on any atom is -0.444 e. The van der Waals surface area contributed by atoms with Gasteiger partial charge >= 0.3 is 6.09 Å². The Labute approximate surface area is 97.3 Å². The molecule has 2 aliphatic rings. The van der Waals surface area contributed by atoms with Crippen LogP contribution >= 0.6 is 0 Å². The number of nitrogens with one attached hydrogen (secondary N) is 1. The van der Waals surface area contributed by atoms with Crippen molar-refractivity contribution in [1.29, 1.82) is 0 Å². The Morgan fingerprint density at radius 2 is 2.19 bits per heavy atom. The first-order valence-corrected chi connectivity index (χ1v) is 6.01. The van der Waals surface area contributed by atoms with Crippen molar-refractivity contribution >= 4 is 6.09 Å². The summed E-state index contributed by atoms with van der Waals surface area (Å²) in [6.45, 7) is 10.7. The standard InChI is InChI=1S/C12H22N2O2/c1-11(2,3)16-10(15)14-6-5-12(4)8-13-9(12)7-14/h9,13H,5-8H2,1-4H3/t9?,12-/m0/s1. The molecule has 1 N–H and O–H groups in total. The fraction of sp³-hybridized carbons (Fsp3) is 0.917. The van der Waals surface area contributed by atoms with Crippen LogP contribution in [0.2, 0.25) is 0 Å². The number of hydrogen-bond donors (Lipinski definition) is 1. The van der Waals surface area contributed by atoms with Crippen LogP contribution in [0.5, 0.6) is 0 Å². The van der Waals surface area contributed by atoms with Gasteiger partial charge in [-0.3, -0.25) is 0 Å². The van der Waals surface area contributed by atoms with Gasteiger partial charge in [0.15, 0.2) is 0 Å². The number of ether oxygens (including phenoxy) is 1. The van der Waals surface area contributed by atoms with Gasteiger partial charge in [0.25, 0.3) is 0 Å². The van der Waals surface area contributed by atoms with E-state index in [0.29, 0.717) is 11.5 Å². The molecule has 0 saturated carbocycles. The summed E-state index contributed by atoms with van der Waals surface area (Å²) < 4.78 is 5.38. The lowest BCUT2D eigenvalue weighted by Crippen LogP contribution is -2.69. The van der Waals surface area contributed by atoms with Crippen LogP contribution in [0.15, 0.2) is 0 Å². The Morgan fingerprint density at radius 3 is 2.62 bits per heavy atom. The fourth-order valence-corrected chi connectivity index (χ4v) is 2.34. The summed E-state index contributed by atoms with van der Waals surface area (Å²) in [6, 6.07) is 0.453. The van der Waals surface area contributed by atoms with E-state index in [1.165, 1.54) is 0 Å². The van der Waals surface area contributed by atoms with Crippen molar-refractivity contribution in [1.82, 2.24) is 10.2 Å². The predicted octanol–water partition coefficient (Wildman–Crippen LogP) is 1.61. The summed E-state index contributed by atoms with van der Waals surface area (Å²) in [5.41, 5.74) is 0.00336. The van der Waals surface area contributed by atoms with Crippen molar-refractivity contribution in [2.45, 2.75) is 45.8 Å². The number of carbonyl (C=O) groups is 1. The molecule has 0 spiro atoms. The Morgan fingerprint density at radius 1 is 1.50 bits per heavy atom. The molecule has 4 heteroatoms. The lowest BCUT2D eigenvalue weighted by molar-refractivity contribution is -0.0197. The van der Waals surface area contributed by atoms with E-state index >= 15 is 0 Å². The van der Waals surface area contributed by atoms with Gasteiger partial charge in [-0.2, -0.15) is 0 Å². The van der Waals surface area contributed by atoms with Gasteiger partial charge in [-0.1, -0.05) is 6.92 Å². The molecule has 2 rings (SSSR count). The molecule has 0 aromatic rings. The Kier molecular flexibility index (Phi) is 2.65. The minimum atomic E-state index is -0.398. The highest BCUT2D eigenvalue weighted by molar-refractivity contribution is 5.68. The lowest BCUT2D eigenvalue weighted by Gasteiger charge is -2.54. The van der Waals surface area contributed by atoms with Crippen LogP contribution in [0, 0.1) is 5.41 Å². The number of hydrogen-bond acceptors (Lipinski definition) is 3. The second-order valence-corrected chi connectivity index (χ2v) is 6.26. The summed E-state index contributed by atoms with van der Waals surface area (Å²) in [4.78, 5) is 13.7. The van der Waals surface area contributed by atoms with E-state index in [1.807, 2.05) is 25.7 Å². The van der Waals surface area contributed by atoms with Gasteiger partial charge in [-0.05, 0) is 32.6 Å². The molecule has 0 aliphatic carbocycles. The number of carbonyl (C=O) groups excluding carboxylic acids is 1. The average molecular weight is 226 g/mol. The first kappa shape index (κ1) is 11.7. The normalized spacial score (nSPS) is 34.0. The van der Waals surface area contributed by atoms with E-state index in [-0.39, 0.29) is 6.09 Å². The third-order valence-corrected chi connectivity index (χ3v) is 3.60. The van der Waals surface area contributed by atoms with E-state index in [0.717, 1.165) is 26.1 Å². The van der Waals surface area contributed by atoms with Gasteiger partial charge in [-0.25, -0.2) is 4.79 Å². The lowest BCUT2D eigenvalue weighted by atomic mass is 9.70. The molecule has 1 amide bonds.